The standard InChI is InChI=1S/C10H21N5O/c1-4-11-9(2)10-12-13-14-15(10)7-5-6-8-16-3/h9,11H,4-8H2,1-3H3. The lowest BCUT2D eigenvalue weighted by atomic mass is 10.3. The van der Waals surface area contributed by atoms with Gasteiger partial charge >= 0.3 is 0 Å². The van der Waals surface area contributed by atoms with Crippen LogP contribution in [0.4, 0.5) is 0 Å². The highest BCUT2D eigenvalue weighted by Gasteiger charge is 2.12. The number of aromatic nitrogens is 4. The minimum absolute atomic E-state index is 0.197. The largest absolute Gasteiger partial charge is 0.385 e. The molecule has 1 aromatic rings. The van der Waals surface area contributed by atoms with Crippen LogP contribution < -0.4 is 5.32 Å². The average Bonchev–Trinajstić information content (AvgIpc) is 2.73. The Hall–Kier alpha value is -1.01. The van der Waals surface area contributed by atoms with Gasteiger partial charge in [-0.15, -0.1) is 5.10 Å². The molecule has 0 radical (unpaired) electrons. The fraction of sp³-hybridized carbons (Fsp3) is 0.900. The Morgan fingerprint density at radius 3 is 2.94 bits per heavy atom. The maximum atomic E-state index is 5.00. The fourth-order valence-electron chi connectivity index (χ4n) is 1.59. The van der Waals surface area contributed by atoms with Gasteiger partial charge in [0.25, 0.3) is 0 Å². The molecule has 92 valence electrons. The van der Waals surface area contributed by atoms with Crippen molar-refractivity contribution >= 4 is 0 Å². The van der Waals surface area contributed by atoms with E-state index in [1.165, 1.54) is 0 Å². The van der Waals surface area contributed by atoms with Crippen molar-refractivity contribution in [3.63, 3.8) is 0 Å². The predicted molar refractivity (Wildman–Crippen MR) is 61.0 cm³/mol. The molecular formula is C10H21N5O. The van der Waals surface area contributed by atoms with Crippen LogP contribution in [0.2, 0.25) is 0 Å². The lowest BCUT2D eigenvalue weighted by Crippen LogP contribution is -2.22. The van der Waals surface area contributed by atoms with E-state index in [-0.39, 0.29) is 6.04 Å². The van der Waals surface area contributed by atoms with Crippen LogP contribution in [0.25, 0.3) is 0 Å². The Balaban J connectivity index is 2.43. The normalized spacial score (nSPS) is 12.9. The van der Waals surface area contributed by atoms with E-state index >= 15 is 0 Å². The van der Waals surface area contributed by atoms with Gasteiger partial charge in [-0.25, -0.2) is 4.68 Å². The van der Waals surface area contributed by atoms with Crippen LogP contribution in [0.1, 0.15) is 38.6 Å². The average molecular weight is 227 g/mol. The molecule has 0 amide bonds. The van der Waals surface area contributed by atoms with E-state index in [0.717, 1.165) is 38.4 Å². The minimum atomic E-state index is 0.197. The van der Waals surface area contributed by atoms with Gasteiger partial charge in [-0.3, -0.25) is 0 Å². The second-order valence-electron chi connectivity index (χ2n) is 3.74. The van der Waals surface area contributed by atoms with Gasteiger partial charge in [-0.2, -0.15) is 0 Å². The molecule has 0 aliphatic rings. The summed E-state index contributed by atoms with van der Waals surface area (Å²) in [6.45, 7) is 6.70. The molecule has 1 N–H and O–H groups in total. The van der Waals surface area contributed by atoms with Crippen molar-refractivity contribution in [3.05, 3.63) is 5.82 Å². The first-order valence-corrected chi connectivity index (χ1v) is 5.78. The number of nitrogens with zero attached hydrogens (tertiary/aromatic N) is 4. The van der Waals surface area contributed by atoms with Crippen LogP contribution in [0.5, 0.6) is 0 Å². The first kappa shape index (κ1) is 13.1. The third-order valence-electron chi connectivity index (χ3n) is 2.43. The van der Waals surface area contributed by atoms with Crippen molar-refractivity contribution < 1.29 is 4.74 Å². The van der Waals surface area contributed by atoms with E-state index < -0.39 is 0 Å². The fourth-order valence-corrected chi connectivity index (χ4v) is 1.59. The van der Waals surface area contributed by atoms with Gasteiger partial charge in [0.05, 0.1) is 6.04 Å². The minimum Gasteiger partial charge on any atom is -0.385 e. The lowest BCUT2D eigenvalue weighted by Gasteiger charge is -2.11. The van der Waals surface area contributed by atoms with Crippen molar-refractivity contribution in [1.29, 1.82) is 0 Å². The molecule has 6 nitrogen and oxygen atoms in total. The van der Waals surface area contributed by atoms with Gasteiger partial charge < -0.3 is 10.1 Å². The second-order valence-corrected chi connectivity index (χ2v) is 3.74. The molecule has 0 aromatic carbocycles. The summed E-state index contributed by atoms with van der Waals surface area (Å²) in [6, 6.07) is 0.197. The highest BCUT2D eigenvalue weighted by molar-refractivity contribution is 4.89. The smallest absolute Gasteiger partial charge is 0.167 e. The second kappa shape index (κ2) is 7.29. The highest BCUT2D eigenvalue weighted by Crippen LogP contribution is 2.07. The summed E-state index contributed by atoms with van der Waals surface area (Å²) in [5.41, 5.74) is 0. The summed E-state index contributed by atoms with van der Waals surface area (Å²) in [6.07, 6.45) is 2.07. The molecular weight excluding hydrogens is 206 g/mol. The molecule has 0 aliphatic heterocycles. The first-order chi connectivity index (χ1) is 7.79. The number of tetrazole rings is 1. The summed E-state index contributed by atoms with van der Waals surface area (Å²) in [5.74, 6) is 0.902. The predicted octanol–water partition coefficient (Wildman–Crippen LogP) is 0.770. The summed E-state index contributed by atoms with van der Waals surface area (Å²) in [7, 11) is 1.72. The molecule has 0 aliphatic carbocycles. The lowest BCUT2D eigenvalue weighted by molar-refractivity contribution is 0.190. The molecule has 1 aromatic heterocycles. The number of hydrogen-bond donors (Lipinski definition) is 1. The molecule has 0 bridgehead atoms. The number of ether oxygens (including phenoxy) is 1. The van der Waals surface area contributed by atoms with Gasteiger partial charge in [-0.05, 0) is 36.7 Å². The Labute approximate surface area is 96.4 Å². The third kappa shape index (κ3) is 3.86. The van der Waals surface area contributed by atoms with Crippen molar-refractivity contribution in [2.24, 2.45) is 0 Å². The van der Waals surface area contributed by atoms with Crippen LogP contribution in [0.15, 0.2) is 0 Å². The summed E-state index contributed by atoms with van der Waals surface area (Å²) < 4.78 is 6.87. The van der Waals surface area contributed by atoms with E-state index in [2.05, 4.69) is 34.7 Å². The van der Waals surface area contributed by atoms with Crippen molar-refractivity contribution in [2.45, 2.75) is 39.3 Å². The van der Waals surface area contributed by atoms with E-state index in [9.17, 15) is 0 Å². The van der Waals surface area contributed by atoms with E-state index in [4.69, 9.17) is 4.74 Å². The maximum absolute atomic E-state index is 5.00. The maximum Gasteiger partial charge on any atom is 0.167 e. The van der Waals surface area contributed by atoms with E-state index in [1.807, 2.05) is 4.68 Å². The first-order valence-electron chi connectivity index (χ1n) is 5.78. The van der Waals surface area contributed by atoms with Gasteiger partial charge in [-0.1, -0.05) is 6.92 Å². The monoisotopic (exact) mass is 227 g/mol. The van der Waals surface area contributed by atoms with Gasteiger partial charge in [0.2, 0.25) is 0 Å². The zero-order valence-corrected chi connectivity index (χ0v) is 10.3. The SMILES string of the molecule is CCNC(C)c1nnnn1CCCCOC. The quantitative estimate of drug-likeness (QED) is 0.665. The summed E-state index contributed by atoms with van der Waals surface area (Å²) >= 11 is 0. The number of unbranched alkanes of at least 4 members (excludes halogenated alkanes) is 1. The molecule has 16 heavy (non-hydrogen) atoms. The molecule has 1 rings (SSSR count). The molecule has 1 atom stereocenters. The Morgan fingerprint density at radius 1 is 1.44 bits per heavy atom. The third-order valence-corrected chi connectivity index (χ3v) is 2.43. The summed E-state index contributed by atoms with van der Waals surface area (Å²) in [5, 5.41) is 15.1. The van der Waals surface area contributed by atoms with Gasteiger partial charge in [0, 0.05) is 20.3 Å². The Morgan fingerprint density at radius 2 is 2.25 bits per heavy atom. The molecule has 0 fully saturated rings. The molecule has 1 unspecified atom stereocenters. The van der Waals surface area contributed by atoms with Gasteiger partial charge in [0.1, 0.15) is 0 Å². The Bertz CT molecular complexity index is 288. The van der Waals surface area contributed by atoms with Crippen LogP contribution in [0, 0.1) is 0 Å². The van der Waals surface area contributed by atoms with Gasteiger partial charge in [0.15, 0.2) is 5.82 Å². The number of methoxy groups -OCH3 is 1. The molecule has 1 heterocycles. The van der Waals surface area contributed by atoms with Crippen molar-refractivity contribution in [3.8, 4) is 0 Å². The molecule has 0 saturated carbocycles. The zero-order valence-electron chi connectivity index (χ0n) is 10.3. The van der Waals surface area contributed by atoms with Crippen LogP contribution in [-0.2, 0) is 11.3 Å². The van der Waals surface area contributed by atoms with E-state index in [0.29, 0.717) is 0 Å². The number of rotatable bonds is 8. The highest BCUT2D eigenvalue weighted by atomic mass is 16.5. The number of aryl methyl sites for hydroxylation is 1. The summed E-state index contributed by atoms with van der Waals surface area (Å²) in [4.78, 5) is 0. The van der Waals surface area contributed by atoms with Crippen LogP contribution in [-0.4, -0.2) is 40.5 Å². The van der Waals surface area contributed by atoms with Crippen molar-refractivity contribution in [1.82, 2.24) is 25.5 Å². The number of hydrogen-bond acceptors (Lipinski definition) is 5. The topological polar surface area (TPSA) is 64.9 Å². The zero-order chi connectivity index (χ0) is 11.8. The Kier molecular flexibility index (Phi) is 5.95. The number of nitrogens with one attached hydrogen (secondary N) is 1. The van der Waals surface area contributed by atoms with E-state index in [1.54, 1.807) is 7.11 Å². The van der Waals surface area contributed by atoms with Crippen LogP contribution in [0.3, 0.4) is 0 Å². The van der Waals surface area contributed by atoms with Crippen LogP contribution >= 0.6 is 0 Å². The molecule has 0 spiro atoms. The molecule has 0 saturated heterocycles. The van der Waals surface area contributed by atoms with Crippen molar-refractivity contribution in [2.75, 3.05) is 20.3 Å². The molecule has 6 heteroatoms.